The van der Waals surface area contributed by atoms with Crippen LogP contribution in [0.25, 0.3) is 0 Å². The maximum absolute atomic E-state index is 10.8. The molecule has 0 aromatic heterocycles. The van der Waals surface area contributed by atoms with Crippen molar-refractivity contribution < 1.29 is 13.0 Å². The van der Waals surface area contributed by atoms with Crippen molar-refractivity contribution in [1.29, 1.82) is 0 Å². The van der Waals surface area contributed by atoms with Gasteiger partial charge in [0.05, 0.1) is 4.91 Å². The molecule has 0 spiro atoms. The zero-order chi connectivity index (χ0) is 14.6. The third-order valence-corrected chi connectivity index (χ3v) is 5.03. The highest BCUT2D eigenvalue weighted by molar-refractivity contribution is 7.89. The summed E-state index contributed by atoms with van der Waals surface area (Å²) in [6.45, 7) is 3.39. The molecule has 0 heterocycles. The van der Waals surface area contributed by atoms with Crippen molar-refractivity contribution in [2.75, 3.05) is 0 Å². The van der Waals surface area contributed by atoms with Gasteiger partial charge in [0.15, 0.2) is 0 Å². The summed E-state index contributed by atoms with van der Waals surface area (Å²) in [5.41, 5.74) is 2.63. The van der Waals surface area contributed by atoms with Crippen molar-refractivity contribution in [2.45, 2.75) is 50.9 Å². The zero-order valence-corrected chi connectivity index (χ0v) is 12.5. The number of allylic oxidation sites excluding steroid dienone is 1. The number of benzene rings is 1. The molecular weight excluding hydrogens is 272 g/mol. The van der Waals surface area contributed by atoms with E-state index >= 15 is 0 Å². The molecule has 1 aliphatic rings. The summed E-state index contributed by atoms with van der Waals surface area (Å²) < 4.78 is 30.5. The predicted octanol–water partition coefficient (Wildman–Crippen LogP) is 4.07. The molecule has 0 saturated heterocycles. The molecule has 1 aliphatic carbocycles. The maximum Gasteiger partial charge on any atom is 0.290 e. The first kappa shape index (κ1) is 15.3. The average Bonchev–Trinajstić information content (AvgIpc) is 2.92. The molecule has 2 rings (SSSR count). The van der Waals surface area contributed by atoms with Crippen LogP contribution in [0.15, 0.2) is 35.7 Å². The molecule has 1 N–H and O–H groups in total. The minimum atomic E-state index is -4.07. The second kappa shape index (κ2) is 6.55. The first-order chi connectivity index (χ1) is 9.47. The van der Waals surface area contributed by atoms with Gasteiger partial charge in [-0.15, -0.1) is 0 Å². The van der Waals surface area contributed by atoms with Crippen LogP contribution in [0.4, 0.5) is 0 Å². The summed E-state index contributed by atoms with van der Waals surface area (Å²) in [5, 5.41) is 0. The van der Waals surface area contributed by atoms with Crippen LogP contribution in [0.5, 0.6) is 0 Å². The lowest BCUT2D eigenvalue weighted by Crippen LogP contribution is -2.01. The Balaban J connectivity index is 1.83. The minimum absolute atomic E-state index is 0.0972. The lowest BCUT2D eigenvalue weighted by atomic mass is 9.96. The number of hydrogen-bond donors (Lipinski definition) is 1. The van der Waals surface area contributed by atoms with Gasteiger partial charge in [-0.3, -0.25) is 4.55 Å². The summed E-state index contributed by atoms with van der Waals surface area (Å²) in [4.78, 5) is -0.0972. The molecule has 4 heteroatoms. The lowest BCUT2D eigenvalue weighted by Gasteiger charge is -2.10. The Morgan fingerprint density at radius 2 is 1.80 bits per heavy atom. The zero-order valence-electron chi connectivity index (χ0n) is 11.7. The van der Waals surface area contributed by atoms with Crippen molar-refractivity contribution in [3.63, 3.8) is 0 Å². The molecule has 0 amide bonds. The van der Waals surface area contributed by atoms with E-state index in [4.69, 9.17) is 4.55 Å². The van der Waals surface area contributed by atoms with Gasteiger partial charge in [-0.05, 0) is 49.1 Å². The first-order valence-corrected chi connectivity index (χ1v) is 8.65. The number of hydrogen-bond acceptors (Lipinski definition) is 2. The third-order valence-electron chi connectivity index (χ3n) is 4.09. The van der Waals surface area contributed by atoms with Crippen LogP contribution >= 0.6 is 0 Å². The highest BCUT2D eigenvalue weighted by atomic mass is 32.2. The largest absolute Gasteiger partial charge is 0.290 e. The van der Waals surface area contributed by atoms with Gasteiger partial charge in [0.1, 0.15) is 0 Å². The van der Waals surface area contributed by atoms with Crippen LogP contribution in [-0.2, 0) is 16.5 Å². The van der Waals surface area contributed by atoms with Gasteiger partial charge in [-0.1, -0.05) is 43.7 Å². The Morgan fingerprint density at radius 3 is 2.35 bits per heavy atom. The van der Waals surface area contributed by atoms with E-state index in [1.54, 1.807) is 0 Å². The monoisotopic (exact) mass is 294 g/mol. The second-order valence-electron chi connectivity index (χ2n) is 5.59. The molecule has 1 fully saturated rings. The SMILES string of the molecule is C=C(CCCc1ccc(C2CCCC2)cc1)S(=O)(=O)O. The van der Waals surface area contributed by atoms with Gasteiger partial charge in [-0.2, -0.15) is 8.42 Å². The molecule has 20 heavy (non-hydrogen) atoms. The van der Waals surface area contributed by atoms with Crippen molar-refractivity contribution in [3.05, 3.63) is 46.9 Å². The van der Waals surface area contributed by atoms with E-state index < -0.39 is 10.1 Å². The Hall–Kier alpha value is -1.13. The fraction of sp³-hybridized carbons (Fsp3) is 0.500. The van der Waals surface area contributed by atoms with Crippen LogP contribution in [0.1, 0.15) is 55.6 Å². The fourth-order valence-electron chi connectivity index (χ4n) is 2.83. The molecule has 0 atom stereocenters. The molecular formula is C16H22O3S. The van der Waals surface area contributed by atoms with Crippen molar-refractivity contribution in [3.8, 4) is 0 Å². The average molecular weight is 294 g/mol. The highest BCUT2D eigenvalue weighted by Crippen LogP contribution is 2.34. The molecule has 3 nitrogen and oxygen atoms in total. The molecule has 0 radical (unpaired) electrons. The van der Waals surface area contributed by atoms with Gasteiger partial charge >= 0.3 is 0 Å². The van der Waals surface area contributed by atoms with E-state index in [2.05, 4.69) is 30.8 Å². The van der Waals surface area contributed by atoms with E-state index in [1.165, 1.54) is 36.8 Å². The Bertz CT molecular complexity index is 552. The second-order valence-corrected chi connectivity index (χ2v) is 7.12. The molecule has 0 bridgehead atoms. The summed E-state index contributed by atoms with van der Waals surface area (Å²) in [6, 6.07) is 8.65. The van der Waals surface area contributed by atoms with Crippen LogP contribution in [-0.4, -0.2) is 13.0 Å². The quantitative estimate of drug-likeness (QED) is 0.805. The molecule has 1 aromatic carbocycles. The van der Waals surface area contributed by atoms with Gasteiger partial charge in [0, 0.05) is 0 Å². The third kappa shape index (κ3) is 4.18. The van der Waals surface area contributed by atoms with E-state index in [9.17, 15) is 8.42 Å². The Kier molecular flexibility index (Phi) is 5.00. The van der Waals surface area contributed by atoms with E-state index in [-0.39, 0.29) is 4.91 Å². The molecule has 110 valence electrons. The first-order valence-electron chi connectivity index (χ1n) is 7.21. The molecule has 0 aliphatic heterocycles. The predicted molar refractivity (Wildman–Crippen MR) is 81.3 cm³/mol. The van der Waals surface area contributed by atoms with Crippen molar-refractivity contribution in [2.24, 2.45) is 0 Å². The lowest BCUT2D eigenvalue weighted by molar-refractivity contribution is 0.488. The molecule has 1 aromatic rings. The van der Waals surface area contributed by atoms with Crippen LogP contribution < -0.4 is 0 Å². The van der Waals surface area contributed by atoms with Crippen molar-refractivity contribution in [1.82, 2.24) is 0 Å². The van der Waals surface area contributed by atoms with Crippen molar-refractivity contribution >= 4 is 10.1 Å². The van der Waals surface area contributed by atoms with Gasteiger partial charge in [0.2, 0.25) is 0 Å². The smallest absolute Gasteiger partial charge is 0.282 e. The topological polar surface area (TPSA) is 54.4 Å². The summed E-state index contributed by atoms with van der Waals surface area (Å²) in [7, 11) is -4.07. The Morgan fingerprint density at radius 1 is 1.20 bits per heavy atom. The van der Waals surface area contributed by atoms with E-state index in [1.807, 2.05) is 0 Å². The summed E-state index contributed by atoms with van der Waals surface area (Å²) in [6.07, 6.45) is 7.07. The molecule has 0 unspecified atom stereocenters. The maximum atomic E-state index is 10.8. The fourth-order valence-corrected chi connectivity index (χ4v) is 3.24. The van der Waals surface area contributed by atoms with Crippen LogP contribution in [0, 0.1) is 0 Å². The number of rotatable bonds is 6. The summed E-state index contributed by atoms with van der Waals surface area (Å²) in [5.74, 6) is 0.725. The van der Waals surface area contributed by atoms with E-state index in [0.717, 1.165) is 12.3 Å². The van der Waals surface area contributed by atoms with Gasteiger partial charge in [-0.25, -0.2) is 0 Å². The number of aryl methyl sites for hydroxylation is 1. The van der Waals surface area contributed by atoms with Crippen LogP contribution in [0.3, 0.4) is 0 Å². The Labute approximate surface area is 121 Å². The van der Waals surface area contributed by atoms with Gasteiger partial charge in [0.25, 0.3) is 10.1 Å². The summed E-state index contributed by atoms with van der Waals surface area (Å²) >= 11 is 0. The normalized spacial score (nSPS) is 16.4. The van der Waals surface area contributed by atoms with E-state index in [0.29, 0.717) is 12.8 Å². The van der Waals surface area contributed by atoms with Gasteiger partial charge < -0.3 is 0 Å². The minimum Gasteiger partial charge on any atom is -0.282 e. The standard InChI is InChI=1S/C16H22O3S/c1-13(20(17,18)19)5-4-6-14-9-11-16(12-10-14)15-7-2-3-8-15/h9-12,15H,1-8H2,(H,17,18,19). The highest BCUT2D eigenvalue weighted by Gasteiger charge is 2.16. The molecule has 1 saturated carbocycles. The van der Waals surface area contributed by atoms with Crippen LogP contribution in [0.2, 0.25) is 0 Å².